The predicted molar refractivity (Wildman–Crippen MR) is 85.6 cm³/mol. The molecule has 0 aromatic heterocycles. The molecule has 22 heavy (non-hydrogen) atoms. The topological polar surface area (TPSA) is 121 Å². The molecule has 0 radical (unpaired) electrons. The third kappa shape index (κ3) is 316. The first kappa shape index (κ1) is 43.6. The fourth-order valence-electron chi connectivity index (χ4n) is 0.306. The largest absolute Gasteiger partial charge is 1.00 e. The second kappa shape index (κ2) is 67.0. The summed E-state index contributed by atoms with van der Waals surface area (Å²) in [6.07, 6.45) is 5.25. The summed E-state index contributed by atoms with van der Waals surface area (Å²) in [7, 11) is -3.63. The third-order valence-corrected chi connectivity index (χ3v) is 0.610. The fraction of sp³-hybridized carbons (Fsp3) is 0.538. The van der Waals surface area contributed by atoms with Gasteiger partial charge >= 0.3 is 59.1 Å². The van der Waals surface area contributed by atoms with Crippen molar-refractivity contribution in [2.75, 3.05) is 26.2 Å². The molecule has 0 saturated heterocycles. The van der Waals surface area contributed by atoms with Crippen molar-refractivity contribution in [3.05, 3.63) is 38.0 Å². The normalized spacial score (nSPS) is 6.36. The van der Waals surface area contributed by atoms with Crippen LogP contribution in [0.3, 0.4) is 0 Å². The Morgan fingerprint density at radius 3 is 1.41 bits per heavy atom. The molecule has 0 fully saturated rings. The minimum Gasteiger partial charge on any atom is -0.813 e. The molecule has 0 aliphatic heterocycles. The van der Waals surface area contributed by atoms with Gasteiger partial charge in [-0.1, -0.05) is 26.5 Å². The Balaban J connectivity index is -0.0000000265. The maximum atomic E-state index is 8.52. The van der Waals surface area contributed by atoms with Crippen LogP contribution in [-0.4, -0.2) is 31.3 Å². The van der Waals surface area contributed by atoms with Crippen molar-refractivity contribution in [3.63, 3.8) is 0 Å². The van der Waals surface area contributed by atoms with E-state index in [0.29, 0.717) is 13.1 Å². The Bertz CT molecular complexity index is 179. The van der Waals surface area contributed by atoms with Gasteiger partial charge in [0.1, 0.15) is 0 Å². The van der Waals surface area contributed by atoms with Crippen LogP contribution in [0.4, 0.5) is 0 Å². The summed E-state index contributed by atoms with van der Waals surface area (Å²) in [5, 5.41) is 11.1. The first-order valence-electron chi connectivity index (χ1n) is 6.00. The molecule has 0 unspecified atom stereocenters. The number of aliphatic hydroxyl groups excluding tert-OH is 1. The van der Waals surface area contributed by atoms with E-state index in [1.54, 1.807) is 18.2 Å². The first-order chi connectivity index (χ1) is 9.39. The van der Waals surface area contributed by atoms with E-state index in [0.717, 1.165) is 6.54 Å². The van der Waals surface area contributed by atoms with E-state index in [-0.39, 0.29) is 65.7 Å². The number of nitrogens with two attached hydrogens (primary N) is 1. The standard InChI is InChI=1S/C4H12N2O.3C3H6.2Na.H3O3P/c5-1-2-6-3-4-7;3*1-3-2;;;1-4(2)3/h6-7H,1-5H2;3*3H,1H2,2H3;;;4H,(H2,1,2,3)/q;;;;2*+1;/p-2. The quantitative estimate of drug-likeness (QED) is 0.200. The molecule has 0 aliphatic rings. The van der Waals surface area contributed by atoms with Gasteiger partial charge in [-0.2, -0.15) is 0 Å². The van der Waals surface area contributed by atoms with Gasteiger partial charge in [0.2, 0.25) is 0 Å². The van der Waals surface area contributed by atoms with Crippen LogP contribution < -0.4 is 80.0 Å². The molecular formula is C13H31N2Na2O4P. The monoisotopic (exact) mass is 356 g/mol. The minimum absolute atomic E-state index is 0. The van der Waals surface area contributed by atoms with Crippen molar-refractivity contribution < 1.29 is 78.6 Å². The van der Waals surface area contributed by atoms with Crippen LogP contribution in [0, 0.1) is 0 Å². The first-order valence-corrected chi connectivity index (χ1v) is 7.23. The minimum atomic E-state index is -3.63. The average Bonchev–Trinajstić information content (AvgIpc) is 2.32. The van der Waals surface area contributed by atoms with E-state index in [9.17, 15) is 0 Å². The maximum absolute atomic E-state index is 8.52. The molecule has 0 aromatic carbocycles. The van der Waals surface area contributed by atoms with Crippen molar-refractivity contribution in [1.29, 1.82) is 0 Å². The van der Waals surface area contributed by atoms with Gasteiger partial charge in [0.15, 0.2) is 0 Å². The van der Waals surface area contributed by atoms with Crippen molar-refractivity contribution in [1.82, 2.24) is 5.32 Å². The van der Waals surface area contributed by atoms with Crippen molar-refractivity contribution in [2.45, 2.75) is 20.8 Å². The molecule has 0 aliphatic carbocycles. The number of hydrogen-bond acceptors (Lipinski definition) is 6. The molecule has 124 valence electrons. The Labute approximate surface area is 181 Å². The van der Waals surface area contributed by atoms with Crippen LogP contribution in [0.25, 0.3) is 0 Å². The van der Waals surface area contributed by atoms with E-state index in [1.165, 1.54) is 0 Å². The summed E-state index contributed by atoms with van der Waals surface area (Å²) in [6, 6.07) is 0. The zero-order chi connectivity index (χ0) is 17.2. The van der Waals surface area contributed by atoms with Gasteiger partial charge in [0, 0.05) is 19.6 Å². The Morgan fingerprint density at radius 2 is 1.27 bits per heavy atom. The molecule has 0 heterocycles. The summed E-state index contributed by atoms with van der Waals surface area (Å²) in [6.45, 7) is 18.0. The van der Waals surface area contributed by atoms with Gasteiger partial charge in [-0.15, -0.1) is 19.7 Å². The van der Waals surface area contributed by atoms with E-state index in [2.05, 4.69) is 25.1 Å². The van der Waals surface area contributed by atoms with Gasteiger partial charge in [0.05, 0.1) is 6.61 Å². The molecule has 0 saturated carbocycles. The smallest absolute Gasteiger partial charge is 0.813 e. The van der Waals surface area contributed by atoms with E-state index in [1.807, 2.05) is 20.8 Å². The van der Waals surface area contributed by atoms with Crippen molar-refractivity contribution in [2.24, 2.45) is 5.73 Å². The number of rotatable bonds is 4. The van der Waals surface area contributed by atoms with Gasteiger partial charge in [-0.25, -0.2) is 0 Å². The van der Waals surface area contributed by atoms with Gasteiger partial charge < -0.3 is 30.5 Å². The SMILES string of the molecule is C=CC.C=CC.C=CC.NCCNCCO.O=[PH]([O-])[O-].[Na+].[Na+]. The van der Waals surface area contributed by atoms with Crippen LogP contribution in [0.5, 0.6) is 0 Å². The molecule has 4 N–H and O–H groups in total. The molecule has 0 rings (SSSR count). The van der Waals surface area contributed by atoms with Crippen LogP contribution in [-0.2, 0) is 4.57 Å². The molecule has 0 amide bonds. The maximum Gasteiger partial charge on any atom is 1.00 e. The molecular weight excluding hydrogens is 325 g/mol. The fourth-order valence-corrected chi connectivity index (χ4v) is 0.306. The second-order valence-electron chi connectivity index (χ2n) is 2.74. The summed E-state index contributed by atoms with van der Waals surface area (Å²) in [4.78, 5) is 17.0. The molecule has 0 atom stereocenters. The second-order valence-corrected chi connectivity index (χ2v) is 3.24. The Kier molecular flexibility index (Phi) is 133. The predicted octanol–water partition coefficient (Wildman–Crippen LogP) is -5.79. The molecule has 0 aromatic rings. The third-order valence-electron chi connectivity index (χ3n) is 0.610. The number of aliphatic hydroxyl groups is 1. The summed E-state index contributed by atoms with van der Waals surface area (Å²) >= 11 is 0. The van der Waals surface area contributed by atoms with E-state index in [4.69, 9.17) is 25.2 Å². The van der Waals surface area contributed by atoms with E-state index >= 15 is 0 Å². The Morgan fingerprint density at radius 1 is 1.05 bits per heavy atom. The zero-order valence-corrected chi connectivity index (χ0v) is 19.9. The summed E-state index contributed by atoms with van der Waals surface area (Å²) in [5.41, 5.74) is 5.13. The summed E-state index contributed by atoms with van der Waals surface area (Å²) in [5.74, 6) is 0. The zero-order valence-electron chi connectivity index (χ0n) is 14.9. The van der Waals surface area contributed by atoms with Gasteiger partial charge in [-0.05, 0) is 20.8 Å². The average molecular weight is 356 g/mol. The van der Waals surface area contributed by atoms with Crippen LogP contribution in [0.15, 0.2) is 38.0 Å². The molecule has 6 nitrogen and oxygen atoms in total. The number of hydrogen-bond donors (Lipinski definition) is 3. The summed E-state index contributed by atoms with van der Waals surface area (Å²) < 4.78 is 8.52. The molecule has 0 spiro atoms. The van der Waals surface area contributed by atoms with Crippen LogP contribution >= 0.6 is 8.25 Å². The van der Waals surface area contributed by atoms with Gasteiger partial charge in [0.25, 0.3) is 0 Å². The van der Waals surface area contributed by atoms with Crippen molar-refractivity contribution in [3.8, 4) is 0 Å². The van der Waals surface area contributed by atoms with Crippen molar-refractivity contribution >= 4 is 8.25 Å². The number of nitrogens with one attached hydrogen (secondary N) is 1. The van der Waals surface area contributed by atoms with E-state index < -0.39 is 8.25 Å². The Hall–Kier alpha value is 1.25. The van der Waals surface area contributed by atoms with Crippen LogP contribution in [0.1, 0.15) is 20.8 Å². The van der Waals surface area contributed by atoms with Gasteiger partial charge in [-0.3, -0.25) is 0 Å². The number of allylic oxidation sites excluding steroid dienone is 3. The molecule has 0 bridgehead atoms. The van der Waals surface area contributed by atoms with Crippen LogP contribution in [0.2, 0.25) is 0 Å². The molecule has 9 heteroatoms.